The number of halogens is 4. The van der Waals surface area contributed by atoms with E-state index < -0.39 is 39.7 Å². The SMILES string of the molecule is CN1c2ccccc2C(NCCCC(F)(F)F)C2C#CC(Cl)=CC2S1(=N)=O. The minimum absolute atomic E-state index is 0.0737. The normalized spacial score (nSPS) is 29.7. The lowest BCUT2D eigenvalue weighted by Gasteiger charge is -2.30. The highest BCUT2D eigenvalue weighted by Gasteiger charge is 2.42. The van der Waals surface area contributed by atoms with Gasteiger partial charge in [-0.3, -0.25) is 4.31 Å². The summed E-state index contributed by atoms with van der Waals surface area (Å²) < 4.78 is 60.6. The van der Waals surface area contributed by atoms with E-state index in [2.05, 4.69) is 17.2 Å². The van der Waals surface area contributed by atoms with Crippen LogP contribution < -0.4 is 9.62 Å². The Balaban J connectivity index is 1.98. The maximum absolute atomic E-state index is 13.3. The summed E-state index contributed by atoms with van der Waals surface area (Å²) in [4.78, 5) is 0. The molecule has 0 bridgehead atoms. The topological polar surface area (TPSA) is 56.2 Å². The van der Waals surface area contributed by atoms with Crippen molar-refractivity contribution in [1.82, 2.24) is 5.32 Å². The van der Waals surface area contributed by atoms with Gasteiger partial charge in [0.05, 0.1) is 21.9 Å². The van der Waals surface area contributed by atoms with Crippen LogP contribution in [0.1, 0.15) is 24.4 Å². The van der Waals surface area contributed by atoms with Crippen molar-refractivity contribution in [3.8, 4) is 11.8 Å². The second kappa shape index (κ2) is 7.38. The standard InChI is InChI=1S/C18H19ClF3N3OS/c1-25-15-6-3-2-5-13(15)17(24-10-4-9-18(20,21)22)14-8-7-12(19)11-16(14)27(25,23)26/h2-3,5-6,11,14,16-17,23-24H,4,9-10H2,1H3. The number of hydrogen-bond donors (Lipinski definition) is 2. The molecule has 0 radical (unpaired) electrons. The van der Waals surface area contributed by atoms with Crippen molar-refractivity contribution in [3.63, 3.8) is 0 Å². The number of anilines is 1. The molecule has 1 heterocycles. The molecular weight excluding hydrogens is 399 g/mol. The largest absolute Gasteiger partial charge is 0.389 e. The molecule has 0 saturated heterocycles. The third kappa shape index (κ3) is 4.10. The highest BCUT2D eigenvalue weighted by atomic mass is 35.5. The van der Waals surface area contributed by atoms with Crippen LogP contribution in [-0.2, 0) is 9.92 Å². The molecule has 1 aliphatic heterocycles. The minimum Gasteiger partial charge on any atom is -0.309 e. The Labute approximate surface area is 161 Å². The summed E-state index contributed by atoms with van der Waals surface area (Å²) in [6, 6.07) is 6.71. The highest BCUT2D eigenvalue weighted by Crippen LogP contribution is 2.42. The zero-order valence-electron chi connectivity index (χ0n) is 14.5. The fourth-order valence-corrected chi connectivity index (χ4v) is 5.46. The van der Waals surface area contributed by atoms with E-state index in [4.69, 9.17) is 16.4 Å². The van der Waals surface area contributed by atoms with Gasteiger partial charge >= 0.3 is 6.18 Å². The summed E-state index contributed by atoms with van der Waals surface area (Å²) in [5.41, 5.74) is 1.37. The third-order valence-electron chi connectivity index (χ3n) is 4.77. The molecule has 9 heteroatoms. The van der Waals surface area contributed by atoms with Crippen molar-refractivity contribution in [3.05, 3.63) is 40.9 Å². The second-order valence-corrected chi connectivity index (χ2v) is 9.19. The average Bonchev–Trinajstić information content (AvgIpc) is 2.66. The van der Waals surface area contributed by atoms with Crippen LogP contribution in [0, 0.1) is 22.5 Å². The fraction of sp³-hybridized carbons (Fsp3) is 0.444. The molecule has 3 rings (SSSR count). The predicted octanol–water partition coefficient (Wildman–Crippen LogP) is 4.20. The average molecular weight is 418 g/mol. The van der Waals surface area contributed by atoms with Gasteiger partial charge in [0.25, 0.3) is 0 Å². The summed E-state index contributed by atoms with van der Waals surface area (Å²) >= 11 is 6.02. The lowest BCUT2D eigenvalue weighted by molar-refractivity contribution is -0.135. The van der Waals surface area contributed by atoms with E-state index in [1.807, 2.05) is 12.1 Å². The molecule has 4 unspecified atom stereocenters. The van der Waals surface area contributed by atoms with Gasteiger partial charge in [-0.2, -0.15) is 13.2 Å². The van der Waals surface area contributed by atoms with E-state index in [1.165, 1.54) is 10.4 Å². The van der Waals surface area contributed by atoms with Gasteiger partial charge in [-0.1, -0.05) is 41.6 Å². The van der Waals surface area contributed by atoms with E-state index in [9.17, 15) is 17.4 Å². The molecular formula is C18H19ClF3N3OS. The number of rotatable bonds is 4. The highest BCUT2D eigenvalue weighted by molar-refractivity contribution is 7.94. The van der Waals surface area contributed by atoms with E-state index in [-0.39, 0.29) is 18.0 Å². The first-order valence-corrected chi connectivity index (χ1v) is 10.4. The summed E-state index contributed by atoms with van der Waals surface area (Å²) in [5.74, 6) is 5.21. The van der Waals surface area contributed by atoms with Gasteiger partial charge in [-0.05, 0) is 30.7 Å². The Morgan fingerprint density at radius 3 is 2.78 bits per heavy atom. The van der Waals surface area contributed by atoms with Crippen molar-refractivity contribution in [1.29, 1.82) is 4.78 Å². The molecule has 0 spiro atoms. The number of para-hydroxylation sites is 1. The van der Waals surface area contributed by atoms with Crippen LogP contribution in [-0.4, -0.2) is 29.2 Å². The third-order valence-corrected chi connectivity index (χ3v) is 7.17. The molecule has 0 fully saturated rings. The van der Waals surface area contributed by atoms with E-state index >= 15 is 0 Å². The Morgan fingerprint density at radius 1 is 1.37 bits per heavy atom. The Kier molecular flexibility index (Phi) is 5.48. The zero-order valence-corrected chi connectivity index (χ0v) is 16.1. The summed E-state index contributed by atoms with van der Waals surface area (Å²) in [7, 11) is -1.70. The zero-order chi connectivity index (χ0) is 19.8. The molecule has 1 aliphatic carbocycles. The molecule has 2 N–H and O–H groups in total. The first-order valence-electron chi connectivity index (χ1n) is 8.40. The van der Waals surface area contributed by atoms with Gasteiger partial charge in [-0.25, -0.2) is 8.99 Å². The van der Waals surface area contributed by atoms with Gasteiger partial charge in [0.2, 0.25) is 0 Å². The van der Waals surface area contributed by atoms with Crippen LogP contribution in [0.5, 0.6) is 0 Å². The molecule has 27 heavy (non-hydrogen) atoms. The van der Waals surface area contributed by atoms with Crippen LogP contribution in [0.4, 0.5) is 18.9 Å². The van der Waals surface area contributed by atoms with Crippen LogP contribution in [0.25, 0.3) is 0 Å². The van der Waals surface area contributed by atoms with Crippen LogP contribution in [0.3, 0.4) is 0 Å². The van der Waals surface area contributed by atoms with Crippen LogP contribution in [0.15, 0.2) is 35.4 Å². The van der Waals surface area contributed by atoms with Crippen molar-refractivity contribution in [2.75, 3.05) is 17.9 Å². The van der Waals surface area contributed by atoms with Crippen molar-refractivity contribution in [2.24, 2.45) is 5.92 Å². The number of allylic oxidation sites excluding steroid dienone is 1. The smallest absolute Gasteiger partial charge is 0.309 e. The maximum Gasteiger partial charge on any atom is 0.389 e. The van der Waals surface area contributed by atoms with Crippen molar-refractivity contribution < 1.29 is 17.4 Å². The lowest BCUT2D eigenvalue weighted by Crippen LogP contribution is -2.40. The number of hydrogen-bond acceptors (Lipinski definition) is 3. The van der Waals surface area contributed by atoms with Gasteiger partial charge in [0.1, 0.15) is 9.92 Å². The van der Waals surface area contributed by atoms with Gasteiger partial charge < -0.3 is 5.32 Å². The van der Waals surface area contributed by atoms with Crippen LogP contribution >= 0.6 is 11.6 Å². The molecule has 0 aromatic heterocycles. The fourth-order valence-electron chi connectivity index (χ4n) is 3.43. The predicted molar refractivity (Wildman–Crippen MR) is 101 cm³/mol. The maximum atomic E-state index is 13.3. The van der Waals surface area contributed by atoms with E-state index in [0.29, 0.717) is 5.69 Å². The summed E-state index contributed by atoms with van der Waals surface area (Å²) in [5, 5.41) is 2.62. The Morgan fingerprint density at radius 2 is 2.07 bits per heavy atom. The number of fused-ring (bicyclic) bond motifs is 2. The summed E-state index contributed by atoms with van der Waals surface area (Å²) in [6.07, 6.45) is -3.63. The first kappa shape index (κ1) is 20.1. The number of nitrogens with zero attached hydrogens (tertiary/aromatic N) is 1. The van der Waals surface area contributed by atoms with E-state index in [1.54, 1.807) is 19.2 Å². The quantitative estimate of drug-likeness (QED) is 0.570. The summed E-state index contributed by atoms with van der Waals surface area (Å²) in [6.45, 7) is 0.129. The number of alkyl halides is 3. The van der Waals surface area contributed by atoms with Gasteiger partial charge in [-0.15, -0.1) is 0 Å². The van der Waals surface area contributed by atoms with Crippen LogP contribution in [0.2, 0.25) is 0 Å². The Bertz CT molecular complexity index is 918. The van der Waals surface area contributed by atoms with Crippen molar-refractivity contribution in [2.45, 2.75) is 30.3 Å². The van der Waals surface area contributed by atoms with Gasteiger partial charge in [0.15, 0.2) is 0 Å². The molecule has 2 aliphatic rings. The molecule has 4 atom stereocenters. The Hall–Kier alpha value is -1.69. The molecule has 0 saturated carbocycles. The minimum atomic E-state index is -4.21. The monoisotopic (exact) mass is 417 g/mol. The molecule has 1 aromatic rings. The molecule has 0 amide bonds. The molecule has 146 valence electrons. The second-order valence-electron chi connectivity index (χ2n) is 6.55. The van der Waals surface area contributed by atoms with E-state index in [0.717, 1.165) is 5.56 Å². The lowest BCUT2D eigenvalue weighted by atomic mass is 9.87. The van der Waals surface area contributed by atoms with Gasteiger partial charge in [0, 0.05) is 19.5 Å². The number of benzene rings is 1. The molecule has 4 nitrogen and oxygen atoms in total. The first-order chi connectivity index (χ1) is 12.6. The number of nitrogens with one attached hydrogen (secondary N) is 2. The molecule has 1 aromatic carbocycles. The van der Waals surface area contributed by atoms with Crippen molar-refractivity contribution >= 4 is 27.2 Å².